The van der Waals surface area contributed by atoms with Gasteiger partial charge in [0, 0.05) is 18.9 Å². The number of nitrogens with one attached hydrogen (secondary N) is 1. The predicted octanol–water partition coefficient (Wildman–Crippen LogP) is 1.70. The average molecular weight is 294 g/mol. The third-order valence-electron chi connectivity index (χ3n) is 2.43. The maximum atomic E-state index is 11.8. The van der Waals surface area contributed by atoms with Crippen LogP contribution in [0.5, 0.6) is 5.19 Å². The van der Waals surface area contributed by atoms with Crippen LogP contribution < -0.4 is 10.1 Å². The Morgan fingerprint density at radius 3 is 3.20 bits per heavy atom. The molecule has 2 rings (SSSR count). The lowest BCUT2D eigenvalue weighted by molar-refractivity contribution is 0.0958. The van der Waals surface area contributed by atoms with Crippen molar-refractivity contribution in [2.24, 2.45) is 5.92 Å². The highest BCUT2D eigenvalue weighted by Gasteiger charge is 2.23. The van der Waals surface area contributed by atoms with Crippen LogP contribution in [-0.2, 0) is 4.74 Å². The van der Waals surface area contributed by atoms with Crippen molar-refractivity contribution in [2.75, 3.05) is 19.8 Å². The van der Waals surface area contributed by atoms with Gasteiger partial charge in [-0.2, -0.15) is 0 Å². The van der Waals surface area contributed by atoms with E-state index < -0.39 is 0 Å². The molecule has 0 aromatic carbocycles. The van der Waals surface area contributed by atoms with Crippen molar-refractivity contribution < 1.29 is 14.3 Å². The zero-order valence-electron chi connectivity index (χ0n) is 11.6. The molecule has 1 amide bonds. The summed E-state index contributed by atoms with van der Waals surface area (Å²) in [5.74, 6) is 6.30. The quantitative estimate of drug-likeness (QED) is 0.493. The molecule has 1 aromatic heterocycles. The van der Waals surface area contributed by atoms with Gasteiger partial charge in [0.1, 0.15) is 17.6 Å². The maximum Gasteiger partial charge on any atom is 0.273 e. The number of nitrogens with zero attached hydrogens (tertiary/aromatic N) is 1. The van der Waals surface area contributed by atoms with Gasteiger partial charge >= 0.3 is 0 Å². The molecule has 0 saturated carbocycles. The minimum Gasteiger partial charge on any atom is -0.467 e. The fraction of sp³-hybridized carbons (Fsp3) is 0.571. The lowest BCUT2D eigenvalue weighted by Gasteiger charge is -1.99. The summed E-state index contributed by atoms with van der Waals surface area (Å²) >= 11 is 1.24. The summed E-state index contributed by atoms with van der Waals surface area (Å²) in [6.45, 7) is 5.87. The molecule has 1 aromatic rings. The Morgan fingerprint density at radius 2 is 2.50 bits per heavy atom. The predicted molar refractivity (Wildman–Crippen MR) is 76.9 cm³/mol. The zero-order chi connectivity index (χ0) is 14.4. The average Bonchev–Trinajstić information content (AvgIpc) is 3.12. The van der Waals surface area contributed by atoms with Crippen molar-refractivity contribution in [3.8, 4) is 17.0 Å². The zero-order valence-corrected chi connectivity index (χ0v) is 12.5. The molecule has 1 N–H and O–H groups in total. The van der Waals surface area contributed by atoms with Crippen LogP contribution >= 0.6 is 11.3 Å². The Labute approximate surface area is 122 Å². The van der Waals surface area contributed by atoms with E-state index >= 15 is 0 Å². The first-order valence-corrected chi connectivity index (χ1v) is 7.43. The lowest BCUT2D eigenvalue weighted by Crippen LogP contribution is -2.23. The normalized spacial score (nSPS) is 16.4. The van der Waals surface area contributed by atoms with Crippen molar-refractivity contribution in [3.05, 3.63) is 11.1 Å². The van der Waals surface area contributed by atoms with Crippen LogP contribution in [0.4, 0.5) is 0 Å². The molecule has 0 spiro atoms. The highest BCUT2D eigenvalue weighted by molar-refractivity contribution is 7.15. The topological polar surface area (TPSA) is 63.8 Å². The molecule has 1 aliphatic rings. The molecule has 6 heteroatoms. The molecule has 1 aliphatic heterocycles. The van der Waals surface area contributed by atoms with Crippen molar-refractivity contribution in [1.82, 2.24) is 10.3 Å². The molecule has 2 heterocycles. The molecular weight excluding hydrogens is 276 g/mol. The van der Waals surface area contributed by atoms with Crippen molar-refractivity contribution in [1.29, 1.82) is 0 Å². The van der Waals surface area contributed by atoms with E-state index in [1.54, 1.807) is 0 Å². The molecule has 1 unspecified atom stereocenters. The second-order valence-electron chi connectivity index (χ2n) is 4.74. The number of aromatic nitrogens is 1. The van der Waals surface area contributed by atoms with Crippen LogP contribution in [0.1, 0.15) is 29.9 Å². The number of carbonyl (C=O) groups excluding carboxylic acids is 1. The summed E-state index contributed by atoms with van der Waals surface area (Å²) in [6, 6.07) is 0. The van der Waals surface area contributed by atoms with Gasteiger partial charge in [-0.05, 0) is 0 Å². The Balaban J connectivity index is 1.70. The van der Waals surface area contributed by atoms with Gasteiger partial charge in [-0.1, -0.05) is 25.2 Å². The largest absolute Gasteiger partial charge is 0.467 e. The first-order valence-electron chi connectivity index (χ1n) is 6.62. The van der Waals surface area contributed by atoms with Crippen LogP contribution in [0, 0.1) is 17.8 Å². The minimum absolute atomic E-state index is 0.133. The summed E-state index contributed by atoms with van der Waals surface area (Å²) in [4.78, 5) is 16.4. The van der Waals surface area contributed by atoms with E-state index in [2.05, 4.69) is 22.1 Å². The number of hydrogen-bond acceptors (Lipinski definition) is 5. The van der Waals surface area contributed by atoms with Gasteiger partial charge in [0.15, 0.2) is 0 Å². The third-order valence-corrected chi connectivity index (χ3v) is 3.34. The molecule has 20 heavy (non-hydrogen) atoms. The summed E-state index contributed by atoms with van der Waals surface area (Å²) in [5, 5.41) is 3.32. The van der Waals surface area contributed by atoms with Gasteiger partial charge in [-0.3, -0.25) is 4.79 Å². The van der Waals surface area contributed by atoms with Gasteiger partial charge in [0.05, 0.1) is 12.8 Å². The second kappa shape index (κ2) is 7.27. The van der Waals surface area contributed by atoms with E-state index in [1.165, 1.54) is 17.5 Å². The fourth-order valence-electron chi connectivity index (χ4n) is 1.36. The van der Waals surface area contributed by atoms with E-state index in [4.69, 9.17) is 9.47 Å². The summed E-state index contributed by atoms with van der Waals surface area (Å²) < 4.78 is 10.4. The fourth-order valence-corrected chi connectivity index (χ4v) is 2.05. The smallest absolute Gasteiger partial charge is 0.273 e. The van der Waals surface area contributed by atoms with E-state index in [9.17, 15) is 4.79 Å². The summed E-state index contributed by atoms with van der Waals surface area (Å²) in [7, 11) is 0. The Kier molecular flexibility index (Phi) is 5.39. The number of rotatable bonds is 6. The summed E-state index contributed by atoms with van der Waals surface area (Å²) in [5.41, 5.74) is 0. The maximum absolute atomic E-state index is 11.8. The lowest BCUT2D eigenvalue weighted by atomic mass is 10.2. The number of amides is 1. The van der Waals surface area contributed by atoms with Crippen molar-refractivity contribution >= 4 is 17.2 Å². The van der Waals surface area contributed by atoms with Crippen LogP contribution in [0.2, 0.25) is 0 Å². The Morgan fingerprint density at radius 1 is 1.70 bits per heavy atom. The van der Waals surface area contributed by atoms with Crippen LogP contribution in [0.3, 0.4) is 0 Å². The van der Waals surface area contributed by atoms with Crippen LogP contribution in [0.25, 0.3) is 0 Å². The highest BCUT2D eigenvalue weighted by atomic mass is 32.1. The molecular formula is C14H18N2O3S. The number of epoxide rings is 1. The second-order valence-corrected chi connectivity index (χ2v) is 5.73. The molecule has 0 radical (unpaired) electrons. The van der Waals surface area contributed by atoms with Gasteiger partial charge in [-0.15, -0.1) is 11.8 Å². The monoisotopic (exact) mass is 294 g/mol. The van der Waals surface area contributed by atoms with E-state index in [1.807, 2.05) is 13.8 Å². The van der Waals surface area contributed by atoms with Gasteiger partial charge in [0.25, 0.3) is 11.1 Å². The van der Waals surface area contributed by atoms with E-state index in [0.29, 0.717) is 35.6 Å². The van der Waals surface area contributed by atoms with Crippen molar-refractivity contribution in [2.45, 2.75) is 26.4 Å². The molecule has 1 saturated heterocycles. The number of thiazole rings is 1. The number of hydrogen-bond donors (Lipinski definition) is 1. The molecule has 1 atom stereocenters. The van der Waals surface area contributed by atoms with Crippen molar-refractivity contribution in [3.63, 3.8) is 0 Å². The first-order chi connectivity index (χ1) is 9.65. The van der Waals surface area contributed by atoms with Gasteiger partial charge in [-0.25, -0.2) is 4.98 Å². The molecule has 0 aliphatic carbocycles. The Hall–Kier alpha value is -1.58. The van der Waals surface area contributed by atoms with Gasteiger partial charge in [0.2, 0.25) is 0 Å². The first kappa shape index (κ1) is 14.8. The summed E-state index contributed by atoms with van der Waals surface area (Å²) in [6.07, 6.45) is 2.38. The molecule has 1 fully saturated rings. The Bertz CT molecular complexity index is 512. The standard InChI is InChI=1S/C14H18N2O3S/c1-10(2)5-3-4-6-15-13(17)12-7-16-14(20-12)19-9-11-8-18-11/h7,10-11H,4,6,8-9H2,1-2H3,(H,15,17). The molecule has 5 nitrogen and oxygen atoms in total. The SMILES string of the molecule is CC(C)C#CCCNC(=O)c1cnc(OCC2CO2)s1. The number of ether oxygens (including phenoxy) is 2. The molecule has 108 valence electrons. The molecule has 0 bridgehead atoms. The van der Waals surface area contributed by atoms with E-state index in [0.717, 1.165) is 6.61 Å². The van der Waals surface area contributed by atoms with Crippen LogP contribution in [-0.4, -0.2) is 36.8 Å². The number of carbonyl (C=O) groups is 1. The van der Waals surface area contributed by atoms with Gasteiger partial charge < -0.3 is 14.8 Å². The van der Waals surface area contributed by atoms with E-state index in [-0.39, 0.29) is 12.0 Å². The minimum atomic E-state index is -0.133. The van der Waals surface area contributed by atoms with Crippen LogP contribution in [0.15, 0.2) is 6.20 Å². The third kappa shape index (κ3) is 5.19. The highest BCUT2D eigenvalue weighted by Crippen LogP contribution is 2.21.